The highest BCUT2D eigenvalue weighted by molar-refractivity contribution is 5.80. The van der Waals surface area contributed by atoms with Crippen LogP contribution in [0.1, 0.15) is 27.2 Å². The van der Waals surface area contributed by atoms with Crippen LogP contribution in [0.25, 0.3) is 0 Å². The van der Waals surface area contributed by atoms with E-state index in [0.717, 1.165) is 6.42 Å². The Morgan fingerprint density at radius 1 is 1.33 bits per heavy atom. The van der Waals surface area contributed by atoms with E-state index in [9.17, 15) is 4.79 Å². The first kappa shape index (κ1) is 14.4. The molecule has 0 N–H and O–H groups in total. The standard InChI is InChI=1S/C11H23NO3/c1-6-9(2)12(7-8-14-4)11(13)10(3)15-5/h9-10H,6-8H2,1-5H3. The van der Waals surface area contributed by atoms with Crippen LogP contribution in [0.2, 0.25) is 0 Å². The summed E-state index contributed by atoms with van der Waals surface area (Å²) in [5.41, 5.74) is 0. The van der Waals surface area contributed by atoms with Crippen molar-refractivity contribution in [2.75, 3.05) is 27.4 Å². The SMILES string of the molecule is CCC(C)N(CCOC)C(=O)C(C)OC. The molecule has 2 unspecified atom stereocenters. The number of amides is 1. The molecule has 1 amide bonds. The van der Waals surface area contributed by atoms with Gasteiger partial charge in [-0.2, -0.15) is 0 Å². The van der Waals surface area contributed by atoms with Crippen molar-refractivity contribution in [2.24, 2.45) is 0 Å². The van der Waals surface area contributed by atoms with Gasteiger partial charge >= 0.3 is 0 Å². The van der Waals surface area contributed by atoms with E-state index in [0.29, 0.717) is 13.2 Å². The van der Waals surface area contributed by atoms with Crippen LogP contribution in [0.4, 0.5) is 0 Å². The summed E-state index contributed by atoms with van der Waals surface area (Å²) in [5.74, 6) is 0.0314. The van der Waals surface area contributed by atoms with E-state index in [-0.39, 0.29) is 18.1 Å². The molecule has 2 atom stereocenters. The van der Waals surface area contributed by atoms with E-state index in [1.807, 2.05) is 11.8 Å². The zero-order chi connectivity index (χ0) is 11.8. The van der Waals surface area contributed by atoms with Crippen molar-refractivity contribution in [2.45, 2.75) is 39.3 Å². The minimum absolute atomic E-state index is 0.0314. The summed E-state index contributed by atoms with van der Waals surface area (Å²) < 4.78 is 10.0. The summed E-state index contributed by atoms with van der Waals surface area (Å²) in [7, 11) is 3.19. The number of ether oxygens (including phenoxy) is 2. The molecule has 0 aromatic heterocycles. The van der Waals surface area contributed by atoms with Crippen LogP contribution in [0.5, 0.6) is 0 Å². The van der Waals surface area contributed by atoms with Gasteiger partial charge in [-0.3, -0.25) is 4.79 Å². The van der Waals surface area contributed by atoms with Crippen molar-refractivity contribution in [1.29, 1.82) is 0 Å². The third-order valence-corrected chi connectivity index (χ3v) is 2.64. The van der Waals surface area contributed by atoms with Crippen LogP contribution >= 0.6 is 0 Å². The molecule has 0 bridgehead atoms. The maximum Gasteiger partial charge on any atom is 0.251 e. The Balaban J connectivity index is 4.39. The molecule has 15 heavy (non-hydrogen) atoms. The quantitative estimate of drug-likeness (QED) is 0.645. The Labute approximate surface area is 92.5 Å². The van der Waals surface area contributed by atoms with Gasteiger partial charge in [0.15, 0.2) is 0 Å². The summed E-state index contributed by atoms with van der Waals surface area (Å²) in [6.45, 7) is 7.06. The van der Waals surface area contributed by atoms with Gasteiger partial charge in [-0.15, -0.1) is 0 Å². The summed E-state index contributed by atoms with van der Waals surface area (Å²) in [4.78, 5) is 13.7. The Morgan fingerprint density at radius 3 is 2.33 bits per heavy atom. The molecule has 0 saturated heterocycles. The number of methoxy groups -OCH3 is 2. The van der Waals surface area contributed by atoms with Crippen LogP contribution in [0.15, 0.2) is 0 Å². The monoisotopic (exact) mass is 217 g/mol. The highest BCUT2D eigenvalue weighted by atomic mass is 16.5. The van der Waals surface area contributed by atoms with E-state index in [4.69, 9.17) is 9.47 Å². The summed E-state index contributed by atoms with van der Waals surface area (Å²) in [6, 6.07) is 0.227. The lowest BCUT2D eigenvalue weighted by Crippen LogP contribution is -2.45. The minimum atomic E-state index is -0.379. The molecule has 0 aliphatic rings. The highest BCUT2D eigenvalue weighted by Crippen LogP contribution is 2.07. The van der Waals surface area contributed by atoms with Crippen molar-refractivity contribution in [1.82, 2.24) is 4.90 Å². The summed E-state index contributed by atoms with van der Waals surface area (Å²) in [5, 5.41) is 0. The molecule has 4 nitrogen and oxygen atoms in total. The largest absolute Gasteiger partial charge is 0.383 e. The molecule has 0 rings (SSSR count). The lowest BCUT2D eigenvalue weighted by atomic mass is 10.2. The Morgan fingerprint density at radius 2 is 1.93 bits per heavy atom. The molecule has 0 radical (unpaired) electrons. The Kier molecular flexibility index (Phi) is 7.34. The second-order valence-corrected chi connectivity index (χ2v) is 3.66. The molecule has 0 spiro atoms. The van der Waals surface area contributed by atoms with Crippen LogP contribution in [-0.4, -0.2) is 50.3 Å². The van der Waals surface area contributed by atoms with Gasteiger partial charge in [0.1, 0.15) is 6.10 Å². The molecule has 90 valence electrons. The topological polar surface area (TPSA) is 38.8 Å². The van der Waals surface area contributed by atoms with E-state index >= 15 is 0 Å². The molecule has 0 fully saturated rings. The van der Waals surface area contributed by atoms with Gasteiger partial charge in [0, 0.05) is 26.8 Å². The first-order valence-corrected chi connectivity index (χ1v) is 5.40. The molecule has 0 aliphatic carbocycles. The van der Waals surface area contributed by atoms with Gasteiger partial charge in [0.2, 0.25) is 0 Å². The van der Waals surface area contributed by atoms with Crippen molar-refractivity contribution < 1.29 is 14.3 Å². The lowest BCUT2D eigenvalue weighted by Gasteiger charge is -2.30. The maximum absolute atomic E-state index is 11.9. The third-order valence-electron chi connectivity index (χ3n) is 2.64. The van der Waals surface area contributed by atoms with Crippen LogP contribution in [0.3, 0.4) is 0 Å². The predicted octanol–water partition coefficient (Wildman–Crippen LogP) is 1.29. The fourth-order valence-corrected chi connectivity index (χ4v) is 1.29. The fraction of sp³-hybridized carbons (Fsp3) is 0.909. The van der Waals surface area contributed by atoms with E-state index < -0.39 is 0 Å². The molecule has 0 aromatic carbocycles. The van der Waals surface area contributed by atoms with Crippen molar-refractivity contribution >= 4 is 5.91 Å². The van der Waals surface area contributed by atoms with Crippen molar-refractivity contribution in [3.8, 4) is 0 Å². The van der Waals surface area contributed by atoms with E-state index in [2.05, 4.69) is 6.92 Å². The molecule has 0 aliphatic heterocycles. The Bertz CT molecular complexity index is 185. The number of carbonyl (C=O) groups excluding carboxylic acids is 1. The molecule has 4 heteroatoms. The molecule has 0 heterocycles. The smallest absolute Gasteiger partial charge is 0.251 e. The van der Waals surface area contributed by atoms with Gasteiger partial charge in [0.25, 0.3) is 5.91 Å². The minimum Gasteiger partial charge on any atom is -0.383 e. The van der Waals surface area contributed by atoms with Gasteiger partial charge < -0.3 is 14.4 Å². The van der Waals surface area contributed by atoms with Crippen molar-refractivity contribution in [3.05, 3.63) is 0 Å². The number of rotatable bonds is 7. The van der Waals surface area contributed by atoms with Gasteiger partial charge in [-0.05, 0) is 20.3 Å². The maximum atomic E-state index is 11.9. The lowest BCUT2D eigenvalue weighted by molar-refractivity contribution is -0.143. The Hall–Kier alpha value is -0.610. The zero-order valence-electron chi connectivity index (χ0n) is 10.4. The fourth-order valence-electron chi connectivity index (χ4n) is 1.29. The average molecular weight is 217 g/mol. The molecular formula is C11H23NO3. The zero-order valence-corrected chi connectivity index (χ0v) is 10.4. The predicted molar refractivity (Wildman–Crippen MR) is 59.8 cm³/mol. The van der Waals surface area contributed by atoms with Crippen LogP contribution in [-0.2, 0) is 14.3 Å². The first-order chi connectivity index (χ1) is 7.08. The summed E-state index contributed by atoms with van der Waals surface area (Å²) in [6.07, 6.45) is 0.558. The number of hydrogen-bond donors (Lipinski definition) is 0. The highest BCUT2D eigenvalue weighted by Gasteiger charge is 2.23. The van der Waals surface area contributed by atoms with Crippen LogP contribution in [0, 0.1) is 0 Å². The number of nitrogens with zero attached hydrogens (tertiary/aromatic N) is 1. The second-order valence-electron chi connectivity index (χ2n) is 3.66. The van der Waals surface area contributed by atoms with Gasteiger partial charge in [0.05, 0.1) is 6.61 Å². The van der Waals surface area contributed by atoms with Gasteiger partial charge in [-0.1, -0.05) is 6.92 Å². The van der Waals surface area contributed by atoms with Crippen LogP contribution < -0.4 is 0 Å². The molecule has 0 saturated carbocycles. The second kappa shape index (κ2) is 7.65. The normalized spacial score (nSPS) is 14.7. The molecular weight excluding hydrogens is 194 g/mol. The number of hydrogen-bond acceptors (Lipinski definition) is 3. The van der Waals surface area contributed by atoms with Gasteiger partial charge in [-0.25, -0.2) is 0 Å². The first-order valence-electron chi connectivity index (χ1n) is 5.40. The van der Waals surface area contributed by atoms with E-state index in [1.54, 1.807) is 21.1 Å². The third kappa shape index (κ3) is 4.62. The molecule has 0 aromatic rings. The number of carbonyl (C=O) groups is 1. The average Bonchev–Trinajstić information content (AvgIpc) is 2.27. The van der Waals surface area contributed by atoms with Crippen molar-refractivity contribution in [3.63, 3.8) is 0 Å². The van der Waals surface area contributed by atoms with E-state index in [1.165, 1.54) is 0 Å². The summed E-state index contributed by atoms with van der Waals surface area (Å²) >= 11 is 0.